The summed E-state index contributed by atoms with van der Waals surface area (Å²) in [5.41, 5.74) is 2.05. The van der Waals surface area contributed by atoms with E-state index in [1.165, 1.54) is 53.4 Å². The molecule has 5 heteroatoms. The Morgan fingerprint density at radius 3 is 1.89 bits per heavy atom. The lowest BCUT2D eigenvalue weighted by molar-refractivity contribution is 0.0837. The van der Waals surface area contributed by atoms with Crippen LogP contribution in [0.3, 0.4) is 0 Å². The first-order valence-electron chi connectivity index (χ1n) is 8.75. The second-order valence-electron chi connectivity index (χ2n) is 6.18. The fourth-order valence-electron chi connectivity index (χ4n) is 2.85. The molecule has 0 saturated carbocycles. The number of halogens is 2. The summed E-state index contributed by atoms with van der Waals surface area (Å²) >= 11 is 0. The van der Waals surface area contributed by atoms with Crippen LogP contribution in [0.1, 0.15) is 21.5 Å². The van der Waals surface area contributed by atoms with Gasteiger partial charge in [0.15, 0.2) is 0 Å². The van der Waals surface area contributed by atoms with E-state index in [1.54, 1.807) is 0 Å². The highest BCUT2D eigenvalue weighted by molar-refractivity contribution is 6.04. The highest BCUT2D eigenvalue weighted by Crippen LogP contribution is 2.21. The van der Waals surface area contributed by atoms with E-state index in [0.29, 0.717) is 24.1 Å². The number of rotatable bonds is 6. The molecule has 0 unspecified atom stereocenters. The minimum atomic E-state index is -0.436. The van der Waals surface area contributed by atoms with Gasteiger partial charge in [-0.15, -0.1) is 0 Å². The van der Waals surface area contributed by atoms with Crippen LogP contribution in [0, 0.1) is 17.0 Å². The van der Waals surface area contributed by atoms with E-state index in [-0.39, 0.29) is 11.6 Å². The molecule has 0 aliphatic rings. The van der Waals surface area contributed by atoms with E-state index in [2.05, 4.69) is 5.87 Å². The minimum Gasteiger partial charge on any atom is -0.299 e. The van der Waals surface area contributed by atoms with Crippen LogP contribution < -0.4 is 0 Å². The molecule has 0 bridgehead atoms. The molecule has 1 N–H and O–H groups in total. The molecule has 140 valence electrons. The number of nitrogens with zero attached hydrogens (tertiary/aromatic N) is 1. The molecule has 1 amide bonds. The van der Waals surface area contributed by atoms with Gasteiger partial charge in [0.2, 0.25) is 0 Å². The van der Waals surface area contributed by atoms with Crippen molar-refractivity contribution in [3.63, 3.8) is 0 Å². The van der Waals surface area contributed by atoms with Gasteiger partial charge in [-0.2, -0.15) is 0 Å². The Labute approximate surface area is 162 Å². The van der Waals surface area contributed by atoms with Gasteiger partial charge in [-0.25, -0.2) is 8.78 Å². The van der Waals surface area contributed by atoms with Crippen molar-refractivity contribution in [2.24, 2.45) is 0 Å². The lowest BCUT2D eigenvalue weighted by atomic mass is 10.1. The van der Waals surface area contributed by atoms with Gasteiger partial charge in [-0.05, 0) is 60.5 Å². The number of carbonyl (C=O) groups is 1. The number of hydrogen-bond donors (Lipinski definition) is 1. The number of hydrogen-bond acceptors (Lipinski definition) is 2. The van der Waals surface area contributed by atoms with Crippen molar-refractivity contribution in [2.75, 3.05) is 6.54 Å². The van der Waals surface area contributed by atoms with Crippen LogP contribution in [0.15, 0.2) is 78.9 Å². The topological polar surface area (TPSA) is 44.2 Å². The van der Waals surface area contributed by atoms with E-state index in [4.69, 9.17) is 5.41 Å². The lowest BCUT2D eigenvalue weighted by Gasteiger charge is -2.24. The monoisotopic (exact) mass is 376 g/mol. The summed E-state index contributed by atoms with van der Waals surface area (Å²) < 4.78 is 26.5. The van der Waals surface area contributed by atoms with Crippen molar-refractivity contribution in [3.05, 3.63) is 107 Å². The third-order valence-corrected chi connectivity index (χ3v) is 4.31. The zero-order chi connectivity index (χ0) is 19.9. The third kappa shape index (κ3) is 4.58. The highest BCUT2D eigenvalue weighted by Gasteiger charge is 2.21. The smallest absolute Gasteiger partial charge is 0.258 e. The van der Waals surface area contributed by atoms with Gasteiger partial charge >= 0.3 is 0 Å². The molecule has 3 nitrogen and oxygen atoms in total. The fourth-order valence-corrected chi connectivity index (χ4v) is 2.85. The van der Waals surface area contributed by atoms with Crippen LogP contribution >= 0.6 is 0 Å². The molecule has 0 spiro atoms. The average molecular weight is 376 g/mol. The van der Waals surface area contributed by atoms with E-state index >= 15 is 0 Å². The molecule has 3 aromatic rings. The molecule has 3 aromatic carbocycles. The van der Waals surface area contributed by atoms with Crippen molar-refractivity contribution in [1.82, 2.24) is 4.90 Å². The fraction of sp³-hybridized carbons (Fsp3) is 0.0870. The molecule has 0 heterocycles. The SMILES string of the molecule is N=C=C(c1ccc(F)cc1)N(CCc1ccccc1)C(=O)c1ccc(F)cc1. The molecular weight excluding hydrogens is 358 g/mol. The number of nitrogens with one attached hydrogen (secondary N) is 1. The van der Waals surface area contributed by atoms with Crippen molar-refractivity contribution in [1.29, 1.82) is 5.41 Å². The largest absolute Gasteiger partial charge is 0.299 e. The van der Waals surface area contributed by atoms with Crippen molar-refractivity contribution < 1.29 is 13.6 Å². The Balaban J connectivity index is 1.94. The molecule has 3 rings (SSSR count). The summed E-state index contributed by atoms with van der Waals surface area (Å²) in [6.45, 7) is 0.290. The van der Waals surface area contributed by atoms with Gasteiger partial charge in [0.1, 0.15) is 17.3 Å². The van der Waals surface area contributed by atoms with E-state index in [1.807, 2.05) is 30.3 Å². The minimum absolute atomic E-state index is 0.227. The van der Waals surface area contributed by atoms with Crippen molar-refractivity contribution in [2.45, 2.75) is 6.42 Å². The molecule has 0 aliphatic carbocycles. The summed E-state index contributed by atoms with van der Waals surface area (Å²) in [6.07, 6.45) is 0.556. The third-order valence-electron chi connectivity index (χ3n) is 4.31. The molecule has 0 atom stereocenters. The zero-order valence-corrected chi connectivity index (χ0v) is 15.0. The van der Waals surface area contributed by atoms with Crippen LogP contribution in [-0.4, -0.2) is 23.2 Å². The molecule has 0 fully saturated rings. The number of benzene rings is 3. The number of carbonyl (C=O) groups excluding carboxylic acids is 1. The summed E-state index contributed by atoms with van der Waals surface area (Å²) in [6, 6.07) is 20.4. The summed E-state index contributed by atoms with van der Waals surface area (Å²) in [7, 11) is 0. The molecule has 0 aromatic heterocycles. The van der Waals surface area contributed by atoms with Crippen molar-refractivity contribution >= 4 is 17.5 Å². The maximum atomic E-state index is 13.3. The normalized spacial score (nSPS) is 10.2. The van der Waals surface area contributed by atoms with E-state index in [9.17, 15) is 13.6 Å². The summed E-state index contributed by atoms with van der Waals surface area (Å²) in [5.74, 6) is 1.09. The Bertz CT molecular complexity index is 993. The Kier molecular flexibility index (Phi) is 6.10. The summed E-state index contributed by atoms with van der Waals surface area (Å²) in [4.78, 5) is 14.5. The van der Waals surface area contributed by atoms with Gasteiger partial charge < -0.3 is 0 Å². The second-order valence-corrected chi connectivity index (χ2v) is 6.18. The molecule has 0 radical (unpaired) electrons. The van der Waals surface area contributed by atoms with Gasteiger partial charge in [0.05, 0.1) is 0 Å². The van der Waals surface area contributed by atoms with Gasteiger partial charge in [0.25, 0.3) is 5.91 Å². The predicted molar refractivity (Wildman–Crippen MR) is 105 cm³/mol. The van der Waals surface area contributed by atoms with Crippen LogP contribution in [0.5, 0.6) is 0 Å². The Morgan fingerprint density at radius 2 is 1.36 bits per heavy atom. The maximum absolute atomic E-state index is 13.3. The van der Waals surface area contributed by atoms with Gasteiger partial charge in [0, 0.05) is 23.5 Å². The maximum Gasteiger partial charge on any atom is 0.258 e. The predicted octanol–water partition coefficient (Wildman–Crippen LogP) is 4.94. The number of amides is 1. The quantitative estimate of drug-likeness (QED) is 0.609. The highest BCUT2D eigenvalue weighted by atomic mass is 19.1. The van der Waals surface area contributed by atoms with Gasteiger partial charge in [-0.3, -0.25) is 15.1 Å². The standard InChI is InChI=1S/C23H18F2N2O/c24-20-10-6-18(7-11-20)22(16-26)27(15-14-17-4-2-1-3-5-17)23(28)19-8-12-21(25)13-9-19/h1-13,26H,14-15H2. The molecule has 28 heavy (non-hydrogen) atoms. The first kappa shape index (κ1) is 19.2. The molecule has 0 saturated heterocycles. The lowest BCUT2D eigenvalue weighted by Crippen LogP contribution is -2.32. The first-order chi connectivity index (χ1) is 13.6. The second kappa shape index (κ2) is 8.89. The van der Waals surface area contributed by atoms with Crippen molar-refractivity contribution in [3.8, 4) is 0 Å². The van der Waals surface area contributed by atoms with Crippen LogP contribution in [0.2, 0.25) is 0 Å². The van der Waals surface area contributed by atoms with E-state index in [0.717, 1.165) is 5.56 Å². The van der Waals surface area contributed by atoms with Gasteiger partial charge in [-0.1, -0.05) is 30.3 Å². The molecule has 0 aliphatic heterocycles. The van der Waals surface area contributed by atoms with Crippen LogP contribution in [0.25, 0.3) is 5.70 Å². The zero-order valence-electron chi connectivity index (χ0n) is 15.0. The average Bonchev–Trinajstić information content (AvgIpc) is 2.73. The van der Waals surface area contributed by atoms with Crippen LogP contribution in [0.4, 0.5) is 8.78 Å². The Hall–Kier alpha value is -3.56. The van der Waals surface area contributed by atoms with Crippen LogP contribution in [-0.2, 0) is 6.42 Å². The molecular formula is C23H18F2N2O. The Morgan fingerprint density at radius 1 is 0.821 bits per heavy atom. The van der Waals surface area contributed by atoms with E-state index < -0.39 is 11.6 Å². The first-order valence-corrected chi connectivity index (χ1v) is 8.75. The summed E-state index contributed by atoms with van der Waals surface area (Å²) in [5, 5.41) is 7.72.